The molecule has 10 heteroatoms. The van der Waals surface area contributed by atoms with Gasteiger partial charge in [0, 0.05) is 44.0 Å². The Bertz CT molecular complexity index is 1020. The van der Waals surface area contributed by atoms with E-state index in [-0.39, 0.29) is 60.7 Å². The Morgan fingerprint density at radius 3 is 2.63 bits per heavy atom. The van der Waals surface area contributed by atoms with Crippen molar-refractivity contribution >= 4 is 5.91 Å². The molecule has 1 aromatic heterocycles. The lowest BCUT2D eigenvalue weighted by Gasteiger charge is -2.34. The van der Waals surface area contributed by atoms with Gasteiger partial charge in [-0.2, -0.15) is 5.26 Å². The van der Waals surface area contributed by atoms with Crippen LogP contribution in [0.1, 0.15) is 58.0 Å². The molecule has 0 radical (unpaired) electrons. The number of ether oxygens (including phenoxy) is 1. The molecule has 3 heterocycles. The summed E-state index contributed by atoms with van der Waals surface area (Å²) >= 11 is 0. The van der Waals surface area contributed by atoms with Crippen molar-refractivity contribution in [1.29, 1.82) is 5.26 Å². The van der Waals surface area contributed by atoms with Crippen LogP contribution in [0.3, 0.4) is 0 Å². The molecular formula is C20H18F2N4O4. The molecule has 8 nitrogen and oxygen atoms in total. The van der Waals surface area contributed by atoms with E-state index in [2.05, 4.69) is 9.97 Å². The third kappa shape index (κ3) is 3.41. The Morgan fingerprint density at radius 2 is 2.00 bits per heavy atom. The normalized spacial score (nSPS) is 21.2. The number of benzene rings is 1. The quantitative estimate of drug-likeness (QED) is 0.778. The molecule has 2 aliphatic heterocycles. The van der Waals surface area contributed by atoms with Gasteiger partial charge in [0.05, 0.1) is 17.7 Å². The SMILES string of the molecule is N#Cc1cnc(CN2C(=O)c3cc([C@@H](O)C4(F)CCOCC4)cc(F)c3[C@H]2O)nc1. The monoisotopic (exact) mass is 416 g/mol. The maximum absolute atomic E-state index is 15.1. The predicted octanol–water partition coefficient (Wildman–Crippen LogP) is 1.69. The van der Waals surface area contributed by atoms with Crippen LogP contribution in [0, 0.1) is 17.1 Å². The number of hydrogen-bond donors (Lipinski definition) is 2. The number of nitriles is 1. The van der Waals surface area contributed by atoms with Crippen LogP contribution in [0.15, 0.2) is 24.5 Å². The van der Waals surface area contributed by atoms with Crippen molar-refractivity contribution in [2.45, 2.75) is 37.4 Å². The second-order valence-corrected chi connectivity index (χ2v) is 7.32. The van der Waals surface area contributed by atoms with Gasteiger partial charge in [0.25, 0.3) is 5.91 Å². The molecule has 0 bridgehead atoms. The zero-order valence-corrected chi connectivity index (χ0v) is 15.8. The van der Waals surface area contributed by atoms with E-state index in [0.29, 0.717) is 0 Å². The molecular weight excluding hydrogens is 398 g/mol. The van der Waals surface area contributed by atoms with Gasteiger partial charge in [0.2, 0.25) is 0 Å². The first kappa shape index (κ1) is 20.3. The average Bonchev–Trinajstić information content (AvgIpc) is 2.99. The predicted molar refractivity (Wildman–Crippen MR) is 96.8 cm³/mol. The lowest BCUT2D eigenvalue weighted by molar-refractivity contribution is -0.0832. The minimum absolute atomic E-state index is 0.0500. The molecule has 1 amide bonds. The van der Waals surface area contributed by atoms with Crippen molar-refractivity contribution in [2.75, 3.05) is 13.2 Å². The molecule has 0 spiro atoms. The Morgan fingerprint density at radius 1 is 1.33 bits per heavy atom. The number of aliphatic hydroxyl groups excluding tert-OH is 2. The number of amides is 1. The van der Waals surface area contributed by atoms with Crippen molar-refractivity contribution in [2.24, 2.45) is 0 Å². The second-order valence-electron chi connectivity index (χ2n) is 7.32. The molecule has 30 heavy (non-hydrogen) atoms. The van der Waals surface area contributed by atoms with Crippen LogP contribution in [0.5, 0.6) is 0 Å². The van der Waals surface area contributed by atoms with Crippen LogP contribution in [0.2, 0.25) is 0 Å². The molecule has 2 aliphatic rings. The van der Waals surface area contributed by atoms with Crippen LogP contribution in [-0.2, 0) is 11.3 Å². The highest BCUT2D eigenvalue weighted by Crippen LogP contribution is 2.41. The molecule has 0 aliphatic carbocycles. The number of carbonyl (C=O) groups excluding carboxylic acids is 1. The summed E-state index contributed by atoms with van der Waals surface area (Å²) in [6, 6.07) is 4.02. The van der Waals surface area contributed by atoms with Crippen molar-refractivity contribution in [3.63, 3.8) is 0 Å². The van der Waals surface area contributed by atoms with Gasteiger partial charge < -0.3 is 19.8 Å². The first-order chi connectivity index (χ1) is 14.3. The standard InChI is InChI=1S/C20H18F2N4O4/c21-14-6-12(17(27)20(22)1-3-30-4-2-20)5-13-16(14)19(29)26(18(13)28)10-15-24-8-11(7-23)9-25-15/h5-6,8-9,17,19,27,29H,1-4,10H2/t17-,19-/m1/s1. The van der Waals surface area contributed by atoms with E-state index >= 15 is 4.39 Å². The highest BCUT2D eigenvalue weighted by molar-refractivity contribution is 5.99. The Kier molecular flexibility index (Phi) is 5.19. The van der Waals surface area contributed by atoms with Gasteiger partial charge in [-0.1, -0.05) is 0 Å². The first-order valence-corrected chi connectivity index (χ1v) is 9.32. The third-order valence-electron chi connectivity index (χ3n) is 5.47. The fourth-order valence-electron chi connectivity index (χ4n) is 3.75. The number of nitrogens with zero attached hydrogens (tertiary/aromatic N) is 4. The van der Waals surface area contributed by atoms with Gasteiger partial charge in [-0.15, -0.1) is 0 Å². The zero-order valence-electron chi connectivity index (χ0n) is 15.8. The fourth-order valence-corrected chi connectivity index (χ4v) is 3.75. The molecule has 1 saturated heterocycles. The maximum Gasteiger partial charge on any atom is 0.257 e. The van der Waals surface area contributed by atoms with Gasteiger partial charge in [-0.3, -0.25) is 4.79 Å². The van der Waals surface area contributed by atoms with E-state index in [4.69, 9.17) is 10.00 Å². The first-order valence-electron chi connectivity index (χ1n) is 9.32. The lowest BCUT2D eigenvalue weighted by atomic mass is 9.85. The lowest BCUT2D eigenvalue weighted by Crippen LogP contribution is -2.38. The molecule has 2 aromatic rings. The Hall–Kier alpha value is -3.00. The van der Waals surface area contributed by atoms with Crippen molar-refractivity contribution < 1.29 is 28.5 Å². The van der Waals surface area contributed by atoms with Gasteiger partial charge >= 0.3 is 0 Å². The van der Waals surface area contributed by atoms with Crippen LogP contribution in [0.25, 0.3) is 0 Å². The summed E-state index contributed by atoms with van der Waals surface area (Å²) in [5, 5.41) is 29.8. The van der Waals surface area contributed by atoms with Gasteiger partial charge in [-0.05, 0) is 17.7 Å². The number of carbonyl (C=O) groups is 1. The number of aliphatic hydroxyl groups is 2. The Balaban J connectivity index is 1.62. The molecule has 156 valence electrons. The smallest absolute Gasteiger partial charge is 0.257 e. The minimum atomic E-state index is -1.99. The average molecular weight is 416 g/mol. The molecule has 4 rings (SSSR count). The van der Waals surface area contributed by atoms with E-state index in [1.54, 1.807) is 0 Å². The van der Waals surface area contributed by atoms with Crippen molar-refractivity contribution in [3.05, 3.63) is 58.4 Å². The summed E-state index contributed by atoms with van der Waals surface area (Å²) in [6.07, 6.45) is -0.780. The number of halogens is 2. The molecule has 0 saturated carbocycles. The molecule has 1 fully saturated rings. The summed E-state index contributed by atoms with van der Waals surface area (Å²) in [4.78, 5) is 21.7. The van der Waals surface area contributed by atoms with Gasteiger partial charge in [0.1, 0.15) is 29.5 Å². The van der Waals surface area contributed by atoms with E-state index in [9.17, 15) is 19.4 Å². The topological polar surface area (TPSA) is 120 Å². The second kappa shape index (κ2) is 7.68. The van der Waals surface area contributed by atoms with E-state index in [0.717, 1.165) is 11.0 Å². The molecule has 2 N–H and O–H groups in total. The highest BCUT2D eigenvalue weighted by atomic mass is 19.1. The van der Waals surface area contributed by atoms with Crippen LogP contribution >= 0.6 is 0 Å². The van der Waals surface area contributed by atoms with Gasteiger partial charge in [0.15, 0.2) is 6.23 Å². The molecule has 2 atom stereocenters. The summed E-state index contributed by atoms with van der Waals surface area (Å²) < 4.78 is 35.0. The number of fused-ring (bicyclic) bond motifs is 1. The number of hydrogen-bond acceptors (Lipinski definition) is 7. The van der Waals surface area contributed by atoms with Crippen LogP contribution in [-0.4, -0.2) is 49.9 Å². The number of aromatic nitrogens is 2. The van der Waals surface area contributed by atoms with E-state index < -0.39 is 29.7 Å². The largest absolute Gasteiger partial charge is 0.385 e. The van der Waals surface area contributed by atoms with Crippen LogP contribution < -0.4 is 0 Å². The highest BCUT2D eigenvalue weighted by Gasteiger charge is 2.43. The van der Waals surface area contributed by atoms with E-state index in [1.165, 1.54) is 18.5 Å². The molecule has 1 aromatic carbocycles. The summed E-state index contributed by atoms with van der Waals surface area (Å²) in [5.74, 6) is -1.46. The number of alkyl halides is 1. The van der Waals surface area contributed by atoms with Crippen LogP contribution in [0.4, 0.5) is 8.78 Å². The third-order valence-corrected chi connectivity index (χ3v) is 5.47. The van der Waals surface area contributed by atoms with E-state index in [1.807, 2.05) is 6.07 Å². The Labute approximate surface area is 170 Å². The number of rotatable bonds is 4. The summed E-state index contributed by atoms with van der Waals surface area (Å²) in [6.45, 7) is 0.0517. The maximum atomic E-state index is 15.1. The zero-order chi connectivity index (χ0) is 21.5. The minimum Gasteiger partial charge on any atom is -0.385 e. The summed E-state index contributed by atoms with van der Waals surface area (Å²) in [5.41, 5.74) is -2.24. The van der Waals surface area contributed by atoms with Crippen molar-refractivity contribution in [3.8, 4) is 6.07 Å². The summed E-state index contributed by atoms with van der Waals surface area (Å²) in [7, 11) is 0. The van der Waals surface area contributed by atoms with Gasteiger partial charge in [-0.25, -0.2) is 18.7 Å². The van der Waals surface area contributed by atoms with Crippen molar-refractivity contribution in [1.82, 2.24) is 14.9 Å². The fraction of sp³-hybridized carbons (Fsp3) is 0.400. The molecule has 0 unspecified atom stereocenters.